The van der Waals surface area contributed by atoms with Crippen LogP contribution in [0.2, 0.25) is 5.02 Å². The Morgan fingerprint density at radius 2 is 1.74 bits per heavy atom. The fraction of sp³-hybridized carbons (Fsp3) is 0.464. The Morgan fingerprint density at radius 3 is 2.26 bits per heavy atom. The zero-order valence-electron chi connectivity index (χ0n) is 23.4. The van der Waals surface area contributed by atoms with Crippen LogP contribution in [-0.4, -0.2) is 65.2 Å². The van der Waals surface area contributed by atoms with Crippen LogP contribution in [0.1, 0.15) is 46.1 Å². The summed E-state index contributed by atoms with van der Waals surface area (Å²) in [6.07, 6.45) is 1.92. The number of halogens is 2. The lowest BCUT2D eigenvalue weighted by atomic mass is 10.1. The summed E-state index contributed by atoms with van der Waals surface area (Å²) in [5.74, 6) is 0.296. The van der Waals surface area contributed by atoms with Crippen molar-refractivity contribution in [2.75, 3.05) is 50.7 Å². The maximum absolute atomic E-state index is 13.5. The second-order valence-corrected chi connectivity index (χ2v) is 8.12. The maximum atomic E-state index is 13.5. The molecule has 0 saturated heterocycles. The lowest BCUT2D eigenvalue weighted by Gasteiger charge is -2.30. The van der Waals surface area contributed by atoms with Crippen molar-refractivity contribution >= 4 is 53.8 Å². The van der Waals surface area contributed by atoms with Crippen molar-refractivity contribution in [3.63, 3.8) is 0 Å². The van der Waals surface area contributed by atoms with Gasteiger partial charge in [0.2, 0.25) is 0 Å². The molecule has 7 nitrogen and oxygen atoms in total. The number of carbonyl (C=O) groups is 2. The Hall–Kier alpha value is -2.59. The summed E-state index contributed by atoms with van der Waals surface area (Å²) in [5.41, 5.74) is 2.40. The average molecular weight is 573 g/mol. The van der Waals surface area contributed by atoms with Crippen LogP contribution in [0.5, 0.6) is 5.75 Å². The van der Waals surface area contributed by atoms with Gasteiger partial charge in [0, 0.05) is 31.5 Å². The quantitative estimate of drug-likeness (QED) is 0.213. The number of hydrogen-bond acceptors (Lipinski definition) is 7. The minimum Gasteiger partial charge on any atom is -0.495 e. The van der Waals surface area contributed by atoms with Crippen molar-refractivity contribution in [2.45, 2.75) is 46.6 Å². The van der Waals surface area contributed by atoms with Gasteiger partial charge in [0.25, 0.3) is 0 Å². The summed E-state index contributed by atoms with van der Waals surface area (Å²) < 4.78 is 30.2. The zero-order chi connectivity index (χ0) is 29.5. The number of ether oxygens (including phenoxy) is 3. The summed E-state index contributed by atoms with van der Waals surface area (Å²) in [6.45, 7) is 14.9. The van der Waals surface area contributed by atoms with Crippen LogP contribution in [0.15, 0.2) is 36.4 Å². The van der Waals surface area contributed by atoms with Gasteiger partial charge in [0.05, 0.1) is 37.1 Å². The van der Waals surface area contributed by atoms with Crippen LogP contribution < -0.4 is 15.0 Å². The van der Waals surface area contributed by atoms with E-state index in [2.05, 4.69) is 24.1 Å². The molecule has 0 bridgehead atoms. The first-order valence-electron chi connectivity index (χ1n) is 12.3. The Bertz CT molecular complexity index is 921. The minimum absolute atomic E-state index is 0.0430. The van der Waals surface area contributed by atoms with Gasteiger partial charge < -0.3 is 34.0 Å². The first-order valence-corrected chi connectivity index (χ1v) is 13.1. The Labute approximate surface area is 237 Å². The second kappa shape index (κ2) is 23.5. The number of methoxy groups -OCH3 is 2. The molecule has 38 heavy (non-hydrogen) atoms. The Balaban J connectivity index is 0. The largest absolute Gasteiger partial charge is 0.495 e. The van der Waals surface area contributed by atoms with Crippen molar-refractivity contribution in [3.05, 3.63) is 52.8 Å². The third-order valence-corrected chi connectivity index (χ3v) is 5.60. The lowest BCUT2D eigenvalue weighted by molar-refractivity contribution is -0.0987. The number of benzene rings is 2. The number of anilines is 2. The van der Waals surface area contributed by atoms with Crippen molar-refractivity contribution in [1.82, 2.24) is 0 Å². The number of carbonyl (C=O) groups excluding carboxylic acids is 2. The van der Waals surface area contributed by atoms with Gasteiger partial charge in [-0.1, -0.05) is 51.5 Å². The molecule has 0 fully saturated rings. The SMILES string of the molecule is C=O.C=O.CC.CCCN(CC(CC)OCCOC)c1cc(C(=S)Nc2ccc(F)c(Cl)c2)ccc1OC. The molecule has 214 valence electrons. The summed E-state index contributed by atoms with van der Waals surface area (Å²) >= 11 is 11.5. The molecule has 10 heteroatoms. The molecule has 2 aromatic carbocycles. The smallest absolute Gasteiger partial charge is 0.142 e. The molecule has 0 aromatic heterocycles. The molecule has 0 heterocycles. The normalized spacial score (nSPS) is 10.3. The monoisotopic (exact) mass is 572 g/mol. The number of nitrogens with zero attached hydrogens (tertiary/aromatic N) is 1. The van der Waals surface area contributed by atoms with Crippen molar-refractivity contribution in [1.29, 1.82) is 0 Å². The topological polar surface area (TPSA) is 77.1 Å². The molecule has 0 radical (unpaired) electrons. The lowest BCUT2D eigenvalue weighted by Crippen LogP contribution is -2.35. The van der Waals surface area contributed by atoms with Gasteiger partial charge in [-0.05, 0) is 49.2 Å². The predicted molar refractivity (Wildman–Crippen MR) is 160 cm³/mol. The average Bonchev–Trinajstić information content (AvgIpc) is 2.97. The first-order chi connectivity index (χ1) is 18.4. The van der Waals surface area contributed by atoms with Crippen LogP contribution in [0, 0.1) is 5.82 Å². The molecule has 0 amide bonds. The van der Waals surface area contributed by atoms with E-state index in [1.165, 1.54) is 12.1 Å². The molecule has 0 saturated carbocycles. The van der Waals surface area contributed by atoms with Crippen LogP contribution in [0.25, 0.3) is 0 Å². The summed E-state index contributed by atoms with van der Waals surface area (Å²) in [6, 6.07) is 10.2. The zero-order valence-corrected chi connectivity index (χ0v) is 24.9. The third kappa shape index (κ3) is 13.3. The number of hydrogen-bond donors (Lipinski definition) is 1. The fourth-order valence-electron chi connectivity index (χ4n) is 3.28. The molecule has 0 aliphatic carbocycles. The predicted octanol–water partition coefficient (Wildman–Crippen LogP) is 6.59. The summed E-state index contributed by atoms with van der Waals surface area (Å²) in [7, 11) is 3.33. The van der Waals surface area contributed by atoms with E-state index in [0.717, 1.165) is 42.9 Å². The van der Waals surface area contributed by atoms with E-state index in [1.807, 2.05) is 45.6 Å². The van der Waals surface area contributed by atoms with Crippen molar-refractivity contribution in [3.8, 4) is 5.75 Å². The van der Waals surface area contributed by atoms with E-state index >= 15 is 0 Å². The van der Waals surface area contributed by atoms with Gasteiger partial charge in [-0.2, -0.15) is 0 Å². The third-order valence-electron chi connectivity index (χ3n) is 4.97. The highest BCUT2D eigenvalue weighted by atomic mass is 35.5. The molecule has 0 aliphatic rings. The van der Waals surface area contributed by atoms with E-state index < -0.39 is 5.82 Å². The molecule has 2 rings (SSSR count). The number of rotatable bonds is 13. The van der Waals surface area contributed by atoms with Gasteiger partial charge in [0.1, 0.15) is 30.1 Å². The molecule has 1 unspecified atom stereocenters. The standard InChI is InChI=1S/C24H32ClFN2O3S.C2H6.2CH2O/c1-5-11-28(16-19(6-2)31-13-12-29-3)22-14-17(7-10-23(22)30-4)24(32)27-18-8-9-21(26)20(25)15-18;3*1-2/h7-10,14-15,19H,5-6,11-13,16H2,1-4H3,(H,27,32);1-2H3;2*1H2. The van der Waals surface area contributed by atoms with Crippen LogP contribution in [0.4, 0.5) is 15.8 Å². The molecule has 1 atom stereocenters. The molecule has 1 N–H and O–H groups in total. The maximum Gasteiger partial charge on any atom is 0.142 e. The highest BCUT2D eigenvalue weighted by molar-refractivity contribution is 7.81. The molecular weight excluding hydrogens is 531 g/mol. The summed E-state index contributed by atoms with van der Waals surface area (Å²) in [4.78, 5) is 18.8. The summed E-state index contributed by atoms with van der Waals surface area (Å²) in [5, 5.41) is 3.17. The molecule has 2 aromatic rings. The van der Waals surface area contributed by atoms with Gasteiger partial charge >= 0.3 is 0 Å². The van der Waals surface area contributed by atoms with E-state index in [9.17, 15) is 4.39 Å². The fourth-order valence-corrected chi connectivity index (χ4v) is 3.70. The van der Waals surface area contributed by atoms with Crippen LogP contribution in [-0.2, 0) is 19.1 Å². The van der Waals surface area contributed by atoms with E-state index in [1.54, 1.807) is 20.3 Å². The van der Waals surface area contributed by atoms with Gasteiger partial charge in [-0.25, -0.2) is 4.39 Å². The Morgan fingerprint density at radius 1 is 1.08 bits per heavy atom. The second-order valence-electron chi connectivity index (χ2n) is 7.31. The highest BCUT2D eigenvalue weighted by Gasteiger charge is 2.18. The van der Waals surface area contributed by atoms with Gasteiger partial charge in [-0.15, -0.1) is 0 Å². The van der Waals surface area contributed by atoms with Gasteiger partial charge in [0.15, 0.2) is 0 Å². The Kier molecular flexibility index (Phi) is 23.2. The highest BCUT2D eigenvalue weighted by Crippen LogP contribution is 2.31. The van der Waals surface area contributed by atoms with Crippen LogP contribution in [0.3, 0.4) is 0 Å². The number of thiocarbonyl (C=S) groups is 1. The van der Waals surface area contributed by atoms with Crippen molar-refractivity contribution < 1.29 is 28.2 Å². The van der Waals surface area contributed by atoms with Gasteiger partial charge in [-0.3, -0.25) is 0 Å². The van der Waals surface area contributed by atoms with Crippen LogP contribution >= 0.6 is 23.8 Å². The van der Waals surface area contributed by atoms with E-state index in [0.29, 0.717) is 23.9 Å². The minimum atomic E-state index is -0.469. The number of nitrogens with one attached hydrogen (secondary N) is 1. The van der Waals surface area contributed by atoms with E-state index in [4.69, 9.17) is 47.6 Å². The molecule has 0 aliphatic heterocycles. The van der Waals surface area contributed by atoms with Crippen molar-refractivity contribution in [2.24, 2.45) is 0 Å². The molecule has 0 spiro atoms. The van der Waals surface area contributed by atoms with E-state index in [-0.39, 0.29) is 11.1 Å². The first kappa shape index (κ1) is 37.6. The molecular formula is C28H42ClFN2O5S.